The number of carbonyl (C=O) groups is 2. The highest BCUT2D eigenvalue weighted by molar-refractivity contribution is 7.12. The first-order chi connectivity index (χ1) is 11.3. The SMILES string of the molecule is COc1ccc(C(=O)OCC(=O)c2cc(C)sc2C)cc1[N+](=O)[O-]. The third kappa shape index (κ3) is 3.77. The molecular formula is C16H15NO6S. The monoisotopic (exact) mass is 349 g/mol. The normalized spacial score (nSPS) is 10.3. The molecule has 8 heteroatoms. The molecule has 0 radical (unpaired) electrons. The maximum atomic E-state index is 12.1. The summed E-state index contributed by atoms with van der Waals surface area (Å²) >= 11 is 1.49. The summed E-state index contributed by atoms with van der Waals surface area (Å²) in [6, 6.07) is 5.46. The molecular weight excluding hydrogens is 334 g/mol. The predicted octanol–water partition coefficient (Wildman–Crippen LogP) is 3.32. The molecule has 0 unspecified atom stereocenters. The lowest BCUT2D eigenvalue weighted by atomic mass is 10.1. The van der Waals surface area contributed by atoms with Crippen LogP contribution in [0.3, 0.4) is 0 Å². The van der Waals surface area contributed by atoms with Crippen molar-refractivity contribution in [1.29, 1.82) is 0 Å². The highest BCUT2D eigenvalue weighted by Gasteiger charge is 2.20. The van der Waals surface area contributed by atoms with Gasteiger partial charge in [-0.3, -0.25) is 14.9 Å². The molecule has 0 N–H and O–H groups in total. The molecule has 0 amide bonds. The molecule has 2 rings (SSSR count). The van der Waals surface area contributed by atoms with Crippen LogP contribution in [0.15, 0.2) is 24.3 Å². The zero-order chi connectivity index (χ0) is 17.9. The van der Waals surface area contributed by atoms with E-state index >= 15 is 0 Å². The molecule has 0 aliphatic heterocycles. The van der Waals surface area contributed by atoms with Gasteiger partial charge in [-0.2, -0.15) is 0 Å². The van der Waals surface area contributed by atoms with E-state index in [1.54, 1.807) is 6.07 Å². The Labute approximate surface area is 142 Å². The quantitative estimate of drug-likeness (QED) is 0.343. The highest BCUT2D eigenvalue weighted by Crippen LogP contribution is 2.28. The standard InChI is InChI=1S/C16H15NO6S/c1-9-6-12(10(2)24-9)14(18)8-23-16(19)11-4-5-15(22-3)13(7-11)17(20)21/h4-7H,8H2,1-3H3. The van der Waals surface area contributed by atoms with Crippen LogP contribution in [0.4, 0.5) is 5.69 Å². The molecule has 0 aliphatic carbocycles. The molecule has 0 fully saturated rings. The van der Waals surface area contributed by atoms with Crippen molar-refractivity contribution in [3.05, 3.63) is 55.3 Å². The van der Waals surface area contributed by atoms with Crippen LogP contribution in [-0.2, 0) is 4.74 Å². The smallest absolute Gasteiger partial charge is 0.338 e. The van der Waals surface area contributed by atoms with E-state index in [2.05, 4.69) is 0 Å². The Morgan fingerprint density at radius 2 is 1.96 bits per heavy atom. The summed E-state index contributed by atoms with van der Waals surface area (Å²) in [4.78, 5) is 36.3. The summed E-state index contributed by atoms with van der Waals surface area (Å²) in [6.07, 6.45) is 0. The Balaban J connectivity index is 2.10. The zero-order valence-corrected chi connectivity index (χ0v) is 14.1. The number of hydrogen-bond acceptors (Lipinski definition) is 7. The first-order valence-electron chi connectivity index (χ1n) is 6.93. The van der Waals surface area contributed by atoms with E-state index < -0.39 is 17.5 Å². The van der Waals surface area contributed by atoms with Gasteiger partial charge in [0, 0.05) is 21.4 Å². The van der Waals surface area contributed by atoms with E-state index in [9.17, 15) is 19.7 Å². The van der Waals surface area contributed by atoms with Crippen LogP contribution in [0.5, 0.6) is 5.75 Å². The number of nitro benzene ring substituents is 1. The van der Waals surface area contributed by atoms with Gasteiger partial charge < -0.3 is 9.47 Å². The number of rotatable bonds is 6. The number of thiophene rings is 1. The summed E-state index contributed by atoms with van der Waals surface area (Å²) in [5, 5.41) is 11.0. The fraction of sp³-hybridized carbons (Fsp3) is 0.250. The van der Waals surface area contributed by atoms with Crippen molar-refractivity contribution in [2.75, 3.05) is 13.7 Å². The van der Waals surface area contributed by atoms with Crippen LogP contribution in [0.25, 0.3) is 0 Å². The van der Waals surface area contributed by atoms with Gasteiger partial charge in [0.1, 0.15) is 0 Å². The Kier molecular flexibility index (Phi) is 5.30. The van der Waals surface area contributed by atoms with E-state index in [0.29, 0.717) is 5.56 Å². The number of esters is 1. The van der Waals surface area contributed by atoms with Crippen LogP contribution < -0.4 is 4.74 Å². The molecule has 0 spiro atoms. The minimum absolute atomic E-state index is 0.0199. The van der Waals surface area contributed by atoms with Crippen molar-refractivity contribution in [2.45, 2.75) is 13.8 Å². The maximum absolute atomic E-state index is 12.1. The summed E-state index contributed by atoms with van der Waals surface area (Å²) in [7, 11) is 1.30. The van der Waals surface area contributed by atoms with Crippen LogP contribution in [0.1, 0.15) is 30.5 Å². The van der Waals surface area contributed by atoms with E-state index in [1.165, 1.54) is 30.6 Å². The molecule has 0 saturated heterocycles. The number of hydrogen-bond donors (Lipinski definition) is 0. The second kappa shape index (κ2) is 7.22. The molecule has 7 nitrogen and oxygen atoms in total. The fourth-order valence-corrected chi connectivity index (χ4v) is 3.10. The minimum atomic E-state index is -0.807. The van der Waals surface area contributed by atoms with Crippen molar-refractivity contribution in [2.24, 2.45) is 0 Å². The maximum Gasteiger partial charge on any atom is 0.338 e. The third-order valence-electron chi connectivity index (χ3n) is 3.29. The predicted molar refractivity (Wildman–Crippen MR) is 88.1 cm³/mol. The molecule has 0 aliphatic rings. The average Bonchev–Trinajstić information content (AvgIpc) is 2.90. The lowest BCUT2D eigenvalue weighted by Gasteiger charge is -2.06. The fourth-order valence-electron chi connectivity index (χ4n) is 2.16. The van der Waals surface area contributed by atoms with Crippen LogP contribution in [0, 0.1) is 24.0 Å². The van der Waals surface area contributed by atoms with Crippen LogP contribution in [0.2, 0.25) is 0 Å². The van der Waals surface area contributed by atoms with Gasteiger partial charge in [0.25, 0.3) is 0 Å². The number of ketones is 1. The van der Waals surface area contributed by atoms with Gasteiger partial charge >= 0.3 is 11.7 Å². The van der Waals surface area contributed by atoms with Crippen molar-refractivity contribution in [1.82, 2.24) is 0 Å². The molecule has 2 aromatic rings. The molecule has 0 bridgehead atoms. The topological polar surface area (TPSA) is 95.7 Å². The third-order valence-corrected chi connectivity index (χ3v) is 4.25. The lowest BCUT2D eigenvalue weighted by molar-refractivity contribution is -0.385. The lowest BCUT2D eigenvalue weighted by Crippen LogP contribution is -2.14. The molecule has 1 aromatic heterocycles. The number of ether oxygens (including phenoxy) is 2. The van der Waals surface area contributed by atoms with Crippen LogP contribution >= 0.6 is 11.3 Å². The van der Waals surface area contributed by atoms with Gasteiger partial charge in [-0.15, -0.1) is 11.3 Å². The zero-order valence-electron chi connectivity index (χ0n) is 13.3. The molecule has 1 aromatic carbocycles. The molecule has 1 heterocycles. The number of nitrogens with zero attached hydrogens (tertiary/aromatic N) is 1. The molecule has 0 atom stereocenters. The summed E-state index contributed by atoms with van der Waals surface area (Å²) in [5.74, 6) is -1.08. The number of nitro groups is 1. The van der Waals surface area contributed by atoms with E-state index in [0.717, 1.165) is 15.8 Å². The van der Waals surface area contributed by atoms with Gasteiger partial charge in [0.05, 0.1) is 17.6 Å². The average molecular weight is 349 g/mol. The summed E-state index contributed by atoms with van der Waals surface area (Å²) in [6.45, 7) is 3.28. The minimum Gasteiger partial charge on any atom is -0.490 e. The number of carbonyl (C=O) groups excluding carboxylic acids is 2. The van der Waals surface area contributed by atoms with Gasteiger partial charge in [-0.1, -0.05) is 0 Å². The van der Waals surface area contributed by atoms with Gasteiger partial charge in [0.2, 0.25) is 5.78 Å². The van der Waals surface area contributed by atoms with Crippen molar-refractivity contribution in [3.8, 4) is 5.75 Å². The van der Waals surface area contributed by atoms with E-state index in [-0.39, 0.29) is 22.8 Å². The first-order valence-corrected chi connectivity index (χ1v) is 7.75. The molecule has 24 heavy (non-hydrogen) atoms. The van der Waals surface area contributed by atoms with Crippen LogP contribution in [-0.4, -0.2) is 30.4 Å². The second-order valence-electron chi connectivity index (χ2n) is 4.97. The molecule has 0 saturated carbocycles. The van der Waals surface area contributed by atoms with E-state index in [4.69, 9.17) is 9.47 Å². The Morgan fingerprint density at radius 3 is 2.50 bits per heavy atom. The van der Waals surface area contributed by atoms with Gasteiger partial charge in [0.15, 0.2) is 12.4 Å². The van der Waals surface area contributed by atoms with Gasteiger partial charge in [-0.25, -0.2) is 4.79 Å². The Bertz CT molecular complexity index is 811. The van der Waals surface area contributed by atoms with E-state index in [1.807, 2.05) is 13.8 Å². The first kappa shape index (κ1) is 17.6. The number of aryl methyl sites for hydroxylation is 2. The largest absolute Gasteiger partial charge is 0.490 e. The summed E-state index contributed by atoms with van der Waals surface area (Å²) in [5.41, 5.74) is 0.155. The van der Waals surface area contributed by atoms with Gasteiger partial charge in [-0.05, 0) is 32.0 Å². The second-order valence-corrected chi connectivity index (χ2v) is 6.43. The van der Waals surface area contributed by atoms with Crippen molar-refractivity contribution in [3.63, 3.8) is 0 Å². The number of methoxy groups -OCH3 is 1. The number of benzene rings is 1. The Morgan fingerprint density at radius 1 is 1.25 bits per heavy atom. The Hall–Kier alpha value is -2.74. The molecule has 126 valence electrons. The van der Waals surface area contributed by atoms with Crippen molar-refractivity contribution >= 4 is 28.8 Å². The number of Topliss-reactive ketones (excluding diaryl/α,β-unsaturated/α-hetero) is 1. The highest BCUT2D eigenvalue weighted by atomic mass is 32.1. The van der Waals surface area contributed by atoms with Crippen molar-refractivity contribution < 1.29 is 24.0 Å². The summed E-state index contributed by atoms with van der Waals surface area (Å²) < 4.78 is 9.84.